The minimum Gasteiger partial charge on any atom is -0.497 e. The molecular formula is C14H22N3OS+. The molecule has 1 aliphatic rings. The van der Waals surface area contributed by atoms with E-state index < -0.39 is 0 Å². The Morgan fingerprint density at radius 3 is 2.47 bits per heavy atom. The Morgan fingerprint density at radius 1 is 1.32 bits per heavy atom. The number of benzene rings is 1. The van der Waals surface area contributed by atoms with Gasteiger partial charge in [-0.2, -0.15) is 0 Å². The minimum absolute atomic E-state index is 0.820. The molecule has 0 atom stereocenters. The van der Waals surface area contributed by atoms with Crippen LogP contribution in [0.15, 0.2) is 24.3 Å². The summed E-state index contributed by atoms with van der Waals surface area (Å²) in [4.78, 5) is 3.90. The Kier molecular flexibility index (Phi) is 4.99. The SMILES string of the molecule is CC[NH+]1CCN(C(=S)Nc2ccc(OC)cc2)CC1. The van der Waals surface area contributed by atoms with Gasteiger partial charge in [0.15, 0.2) is 5.11 Å². The molecule has 5 heteroatoms. The molecular weight excluding hydrogens is 258 g/mol. The maximum absolute atomic E-state index is 5.47. The summed E-state index contributed by atoms with van der Waals surface area (Å²) in [6.45, 7) is 7.84. The van der Waals surface area contributed by atoms with Crippen LogP contribution in [0.2, 0.25) is 0 Å². The zero-order chi connectivity index (χ0) is 13.7. The number of nitrogens with zero attached hydrogens (tertiary/aromatic N) is 1. The van der Waals surface area contributed by atoms with Crippen molar-refractivity contribution in [3.63, 3.8) is 0 Å². The van der Waals surface area contributed by atoms with Crippen molar-refractivity contribution in [2.24, 2.45) is 0 Å². The van der Waals surface area contributed by atoms with Gasteiger partial charge in [0.2, 0.25) is 0 Å². The molecule has 2 rings (SSSR count). The number of rotatable bonds is 3. The van der Waals surface area contributed by atoms with Crippen molar-refractivity contribution in [1.82, 2.24) is 4.90 Å². The summed E-state index contributed by atoms with van der Waals surface area (Å²) < 4.78 is 5.14. The van der Waals surface area contributed by atoms with Crippen LogP contribution < -0.4 is 15.0 Å². The lowest BCUT2D eigenvalue weighted by molar-refractivity contribution is -0.902. The molecule has 0 aromatic heterocycles. The van der Waals surface area contributed by atoms with E-state index in [4.69, 9.17) is 17.0 Å². The Hall–Kier alpha value is -1.33. The van der Waals surface area contributed by atoms with Gasteiger partial charge in [0.1, 0.15) is 5.75 Å². The smallest absolute Gasteiger partial charge is 0.173 e. The van der Waals surface area contributed by atoms with Crippen LogP contribution >= 0.6 is 12.2 Å². The molecule has 1 heterocycles. The Labute approximate surface area is 120 Å². The number of hydrogen-bond acceptors (Lipinski definition) is 2. The van der Waals surface area contributed by atoms with Crippen LogP contribution in [0.5, 0.6) is 5.75 Å². The number of likely N-dealkylation sites (N-methyl/N-ethyl adjacent to an activating group) is 1. The number of thiocarbonyl (C=S) groups is 1. The molecule has 0 radical (unpaired) electrons. The first kappa shape index (κ1) is 14.1. The van der Waals surface area contributed by atoms with E-state index in [0.29, 0.717) is 0 Å². The van der Waals surface area contributed by atoms with Gasteiger partial charge in [0, 0.05) is 5.69 Å². The average molecular weight is 280 g/mol. The number of methoxy groups -OCH3 is 1. The van der Waals surface area contributed by atoms with Crippen molar-refractivity contribution in [2.75, 3.05) is 45.2 Å². The molecule has 1 fully saturated rings. The molecule has 0 spiro atoms. The van der Waals surface area contributed by atoms with E-state index in [1.165, 1.54) is 19.6 Å². The highest BCUT2D eigenvalue weighted by Crippen LogP contribution is 2.15. The van der Waals surface area contributed by atoms with E-state index in [0.717, 1.165) is 29.6 Å². The molecule has 1 aromatic rings. The summed E-state index contributed by atoms with van der Waals surface area (Å²) in [5, 5.41) is 4.11. The summed E-state index contributed by atoms with van der Waals surface area (Å²) >= 11 is 5.47. The fourth-order valence-corrected chi connectivity index (χ4v) is 2.56. The number of anilines is 1. The van der Waals surface area contributed by atoms with E-state index in [2.05, 4.69) is 17.1 Å². The van der Waals surface area contributed by atoms with E-state index in [1.54, 1.807) is 12.0 Å². The van der Waals surface area contributed by atoms with Gasteiger partial charge in [-0.15, -0.1) is 0 Å². The molecule has 0 bridgehead atoms. The van der Waals surface area contributed by atoms with Crippen LogP contribution in [0.4, 0.5) is 5.69 Å². The highest BCUT2D eigenvalue weighted by atomic mass is 32.1. The van der Waals surface area contributed by atoms with Crippen molar-refractivity contribution in [3.05, 3.63) is 24.3 Å². The van der Waals surface area contributed by atoms with Crippen LogP contribution in [0, 0.1) is 0 Å². The topological polar surface area (TPSA) is 28.9 Å². The number of nitrogens with one attached hydrogen (secondary N) is 2. The van der Waals surface area contributed by atoms with Gasteiger partial charge in [-0.1, -0.05) is 0 Å². The summed E-state index contributed by atoms with van der Waals surface area (Å²) in [5.74, 6) is 0.858. The first-order valence-electron chi connectivity index (χ1n) is 6.76. The summed E-state index contributed by atoms with van der Waals surface area (Å²) in [5.41, 5.74) is 1.01. The van der Waals surface area contributed by atoms with Crippen LogP contribution in [-0.2, 0) is 0 Å². The van der Waals surface area contributed by atoms with Crippen LogP contribution in [-0.4, -0.2) is 49.8 Å². The molecule has 0 unspecified atom stereocenters. The second-order valence-corrected chi connectivity index (χ2v) is 5.14. The molecule has 104 valence electrons. The van der Waals surface area contributed by atoms with Crippen molar-refractivity contribution in [3.8, 4) is 5.75 Å². The van der Waals surface area contributed by atoms with Crippen molar-refractivity contribution in [1.29, 1.82) is 0 Å². The quantitative estimate of drug-likeness (QED) is 0.794. The van der Waals surface area contributed by atoms with Crippen LogP contribution in [0.3, 0.4) is 0 Å². The lowest BCUT2D eigenvalue weighted by Crippen LogP contribution is -3.14. The lowest BCUT2D eigenvalue weighted by Gasteiger charge is -2.33. The Bertz CT molecular complexity index is 413. The fraction of sp³-hybridized carbons (Fsp3) is 0.500. The largest absolute Gasteiger partial charge is 0.497 e. The molecule has 19 heavy (non-hydrogen) atoms. The molecule has 0 saturated carbocycles. The third-order valence-electron chi connectivity index (χ3n) is 3.60. The van der Waals surface area contributed by atoms with E-state index in [9.17, 15) is 0 Å². The second kappa shape index (κ2) is 6.73. The third kappa shape index (κ3) is 3.81. The van der Waals surface area contributed by atoms with Gasteiger partial charge in [-0.3, -0.25) is 0 Å². The molecule has 2 N–H and O–H groups in total. The number of piperazine rings is 1. The van der Waals surface area contributed by atoms with Crippen molar-refractivity contribution < 1.29 is 9.64 Å². The van der Waals surface area contributed by atoms with Gasteiger partial charge in [0.05, 0.1) is 39.8 Å². The summed E-state index contributed by atoms with van der Waals surface area (Å²) in [6.07, 6.45) is 0. The number of ether oxygens (including phenoxy) is 1. The normalized spacial score (nSPS) is 16.2. The molecule has 0 aliphatic carbocycles. The maximum atomic E-state index is 5.47. The van der Waals surface area contributed by atoms with Crippen molar-refractivity contribution >= 4 is 23.0 Å². The highest BCUT2D eigenvalue weighted by molar-refractivity contribution is 7.80. The Balaban J connectivity index is 1.86. The molecule has 1 saturated heterocycles. The maximum Gasteiger partial charge on any atom is 0.173 e. The number of quaternary nitrogens is 1. The van der Waals surface area contributed by atoms with E-state index in [-0.39, 0.29) is 0 Å². The fourth-order valence-electron chi connectivity index (χ4n) is 2.26. The first-order valence-corrected chi connectivity index (χ1v) is 7.17. The predicted octanol–water partition coefficient (Wildman–Crippen LogP) is 0.612. The second-order valence-electron chi connectivity index (χ2n) is 4.75. The predicted molar refractivity (Wildman–Crippen MR) is 82.0 cm³/mol. The summed E-state index contributed by atoms with van der Waals surface area (Å²) in [7, 11) is 1.67. The minimum atomic E-state index is 0.820. The van der Waals surface area contributed by atoms with Gasteiger partial charge in [0.25, 0.3) is 0 Å². The summed E-state index contributed by atoms with van der Waals surface area (Å²) in [6, 6.07) is 7.84. The van der Waals surface area contributed by atoms with Gasteiger partial charge >= 0.3 is 0 Å². The van der Waals surface area contributed by atoms with E-state index >= 15 is 0 Å². The standard InChI is InChI=1S/C14H21N3OS/c1-3-16-8-10-17(11-9-16)14(19)15-12-4-6-13(18-2)7-5-12/h4-7H,3,8-11H2,1-2H3,(H,15,19)/p+1. The lowest BCUT2D eigenvalue weighted by atomic mass is 10.3. The van der Waals surface area contributed by atoms with Crippen LogP contribution in [0.1, 0.15) is 6.92 Å². The zero-order valence-corrected chi connectivity index (χ0v) is 12.4. The zero-order valence-electron chi connectivity index (χ0n) is 11.6. The van der Waals surface area contributed by atoms with E-state index in [1.807, 2.05) is 24.3 Å². The highest BCUT2D eigenvalue weighted by Gasteiger charge is 2.20. The van der Waals surface area contributed by atoms with Crippen LogP contribution in [0.25, 0.3) is 0 Å². The average Bonchev–Trinajstić information content (AvgIpc) is 2.48. The van der Waals surface area contributed by atoms with Gasteiger partial charge < -0.3 is 19.9 Å². The first-order chi connectivity index (χ1) is 9.22. The molecule has 4 nitrogen and oxygen atoms in total. The Morgan fingerprint density at radius 2 is 1.95 bits per heavy atom. The monoisotopic (exact) mass is 280 g/mol. The molecule has 1 aromatic carbocycles. The molecule has 0 amide bonds. The van der Waals surface area contributed by atoms with Gasteiger partial charge in [-0.25, -0.2) is 0 Å². The molecule has 1 aliphatic heterocycles. The number of hydrogen-bond donors (Lipinski definition) is 2. The van der Waals surface area contributed by atoms with Crippen molar-refractivity contribution in [2.45, 2.75) is 6.92 Å². The third-order valence-corrected chi connectivity index (χ3v) is 3.96. The van der Waals surface area contributed by atoms with Gasteiger partial charge in [-0.05, 0) is 43.4 Å².